The van der Waals surface area contributed by atoms with Crippen LogP contribution in [0.4, 0.5) is 5.69 Å². The highest BCUT2D eigenvalue weighted by Crippen LogP contribution is 2.35. The number of aryl methyl sites for hydroxylation is 1. The van der Waals surface area contributed by atoms with Crippen LogP contribution in [0.5, 0.6) is 5.75 Å². The number of hydrogen-bond donors (Lipinski definition) is 1. The Kier molecular flexibility index (Phi) is 4.60. The molecule has 1 unspecified atom stereocenters. The normalized spacial score (nSPS) is 16.9. The first-order chi connectivity index (χ1) is 13.0. The van der Waals surface area contributed by atoms with Gasteiger partial charge in [-0.1, -0.05) is 6.92 Å². The van der Waals surface area contributed by atoms with Gasteiger partial charge in [-0.2, -0.15) is 0 Å². The Hall–Kier alpha value is -2.47. The number of hydrogen-bond acceptors (Lipinski definition) is 4. The minimum absolute atomic E-state index is 0.203. The molecule has 6 heteroatoms. The summed E-state index contributed by atoms with van der Waals surface area (Å²) >= 11 is 0. The van der Waals surface area contributed by atoms with Crippen LogP contribution in [0.15, 0.2) is 51.8 Å². The van der Waals surface area contributed by atoms with Gasteiger partial charge < -0.3 is 9.15 Å². The Bertz CT molecular complexity index is 1070. The monoisotopic (exact) mass is 385 g/mol. The first kappa shape index (κ1) is 17.9. The largest absolute Gasteiger partial charge is 0.494 e. The second-order valence-electron chi connectivity index (χ2n) is 7.07. The van der Waals surface area contributed by atoms with E-state index < -0.39 is 10.0 Å². The highest BCUT2D eigenvalue weighted by atomic mass is 32.2. The first-order valence-electron chi connectivity index (χ1n) is 9.26. The van der Waals surface area contributed by atoms with Gasteiger partial charge in [0.25, 0.3) is 10.0 Å². The van der Waals surface area contributed by atoms with E-state index in [1.165, 1.54) is 5.56 Å². The topological polar surface area (TPSA) is 68.5 Å². The van der Waals surface area contributed by atoms with E-state index in [-0.39, 0.29) is 4.90 Å². The van der Waals surface area contributed by atoms with Gasteiger partial charge >= 0.3 is 0 Å². The number of sulfonamides is 1. The quantitative estimate of drug-likeness (QED) is 0.688. The maximum atomic E-state index is 12.7. The molecular weight excluding hydrogens is 362 g/mol. The van der Waals surface area contributed by atoms with E-state index in [2.05, 4.69) is 11.6 Å². The standard InChI is InChI=1S/C21H23NO4S/c1-3-25-16-6-8-17(9-7-16)27(23,24)22-15-5-11-20-19(13-15)18-10-4-14(2)12-21(18)26-20/h5-9,11,13-14,22H,3-4,10,12H2,1-2H3. The van der Waals surface area contributed by atoms with Crippen molar-refractivity contribution >= 4 is 26.7 Å². The molecule has 27 heavy (non-hydrogen) atoms. The molecule has 5 nitrogen and oxygen atoms in total. The number of anilines is 1. The lowest BCUT2D eigenvalue weighted by Gasteiger charge is -2.16. The van der Waals surface area contributed by atoms with Crippen LogP contribution in [-0.2, 0) is 22.9 Å². The minimum Gasteiger partial charge on any atom is -0.494 e. The van der Waals surface area contributed by atoms with Gasteiger partial charge in [0.05, 0.1) is 11.5 Å². The summed E-state index contributed by atoms with van der Waals surface area (Å²) in [6.45, 7) is 4.66. The summed E-state index contributed by atoms with van der Waals surface area (Å²) in [5.74, 6) is 2.31. The predicted octanol–water partition coefficient (Wildman–Crippen LogP) is 4.76. The highest BCUT2D eigenvalue weighted by Gasteiger charge is 2.22. The van der Waals surface area contributed by atoms with Crippen LogP contribution in [-0.4, -0.2) is 15.0 Å². The van der Waals surface area contributed by atoms with Gasteiger partial charge in [0.15, 0.2) is 0 Å². The van der Waals surface area contributed by atoms with Crippen LogP contribution in [0.3, 0.4) is 0 Å². The Morgan fingerprint density at radius 2 is 1.96 bits per heavy atom. The molecule has 142 valence electrons. The van der Waals surface area contributed by atoms with Gasteiger partial charge in [-0.25, -0.2) is 8.42 Å². The second-order valence-corrected chi connectivity index (χ2v) is 8.76. The SMILES string of the molecule is CCOc1ccc(S(=O)(=O)Nc2ccc3oc4c(c3c2)CCC(C)C4)cc1. The van der Waals surface area contributed by atoms with Crippen molar-refractivity contribution in [2.24, 2.45) is 5.92 Å². The molecule has 0 radical (unpaired) electrons. The molecular formula is C21H23NO4S. The molecule has 1 atom stereocenters. The van der Waals surface area contributed by atoms with Crippen molar-refractivity contribution in [2.75, 3.05) is 11.3 Å². The molecule has 1 aromatic heterocycles. The molecule has 2 aromatic carbocycles. The summed E-state index contributed by atoms with van der Waals surface area (Å²) in [6, 6.07) is 11.9. The van der Waals surface area contributed by atoms with Crippen molar-refractivity contribution in [3.63, 3.8) is 0 Å². The number of nitrogens with one attached hydrogen (secondary N) is 1. The van der Waals surface area contributed by atoms with Crippen molar-refractivity contribution in [3.8, 4) is 5.75 Å². The maximum Gasteiger partial charge on any atom is 0.261 e. The fourth-order valence-corrected chi connectivity index (χ4v) is 4.66. The third-order valence-electron chi connectivity index (χ3n) is 4.99. The summed E-state index contributed by atoms with van der Waals surface area (Å²) in [6.07, 6.45) is 3.04. The molecule has 0 spiro atoms. The van der Waals surface area contributed by atoms with Crippen LogP contribution in [0.25, 0.3) is 11.0 Å². The average Bonchev–Trinajstić information content (AvgIpc) is 2.99. The molecule has 4 rings (SSSR count). The molecule has 1 heterocycles. The summed E-state index contributed by atoms with van der Waals surface area (Å²) < 4.78 is 39.4. The van der Waals surface area contributed by atoms with E-state index in [0.29, 0.717) is 24.0 Å². The van der Waals surface area contributed by atoms with Crippen LogP contribution in [0, 0.1) is 5.92 Å². The van der Waals surface area contributed by atoms with Crippen LogP contribution in [0.2, 0.25) is 0 Å². The molecule has 0 aliphatic heterocycles. The summed E-state index contributed by atoms with van der Waals surface area (Å²) in [5, 5.41) is 1.00. The van der Waals surface area contributed by atoms with Crippen molar-refractivity contribution in [1.29, 1.82) is 0 Å². The molecule has 1 N–H and O–H groups in total. The smallest absolute Gasteiger partial charge is 0.261 e. The van der Waals surface area contributed by atoms with E-state index in [1.807, 2.05) is 19.1 Å². The number of rotatable bonds is 5. The van der Waals surface area contributed by atoms with Gasteiger partial charge in [-0.15, -0.1) is 0 Å². The lowest BCUT2D eigenvalue weighted by Crippen LogP contribution is -2.13. The number of ether oxygens (including phenoxy) is 1. The Balaban J connectivity index is 1.62. The Morgan fingerprint density at radius 3 is 2.70 bits per heavy atom. The molecule has 0 saturated heterocycles. The fourth-order valence-electron chi connectivity index (χ4n) is 3.61. The predicted molar refractivity (Wildman–Crippen MR) is 106 cm³/mol. The zero-order valence-corrected chi connectivity index (χ0v) is 16.3. The van der Waals surface area contributed by atoms with Crippen LogP contribution >= 0.6 is 0 Å². The minimum atomic E-state index is -3.66. The zero-order valence-electron chi connectivity index (χ0n) is 15.5. The molecule has 0 fully saturated rings. The lowest BCUT2D eigenvalue weighted by atomic mass is 9.88. The van der Waals surface area contributed by atoms with Gasteiger partial charge in [0.2, 0.25) is 0 Å². The number of furan rings is 1. The van der Waals surface area contributed by atoms with Crippen LogP contribution < -0.4 is 9.46 Å². The second kappa shape index (κ2) is 6.93. The first-order valence-corrected chi connectivity index (χ1v) is 10.7. The third-order valence-corrected chi connectivity index (χ3v) is 6.39. The van der Waals surface area contributed by atoms with Gasteiger partial charge in [-0.05, 0) is 68.1 Å². The Morgan fingerprint density at radius 1 is 1.19 bits per heavy atom. The van der Waals surface area contributed by atoms with Gasteiger partial charge in [-0.3, -0.25) is 4.72 Å². The van der Waals surface area contributed by atoms with Gasteiger partial charge in [0, 0.05) is 23.1 Å². The molecule has 1 aliphatic rings. The molecule has 0 amide bonds. The van der Waals surface area contributed by atoms with E-state index in [9.17, 15) is 8.42 Å². The van der Waals surface area contributed by atoms with E-state index in [4.69, 9.17) is 9.15 Å². The maximum absolute atomic E-state index is 12.7. The van der Waals surface area contributed by atoms with Crippen molar-refractivity contribution in [1.82, 2.24) is 0 Å². The fraction of sp³-hybridized carbons (Fsp3) is 0.333. The van der Waals surface area contributed by atoms with Crippen molar-refractivity contribution in [3.05, 3.63) is 53.8 Å². The molecule has 0 bridgehead atoms. The van der Waals surface area contributed by atoms with Crippen molar-refractivity contribution in [2.45, 2.75) is 38.0 Å². The van der Waals surface area contributed by atoms with Crippen LogP contribution in [0.1, 0.15) is 31.6 Å². The third kappa shape index (κ3) is 3.54. The summed E-state index contributed by atoms with van der Waals surface area (Å²) in [7, 11) is -3.66. The highest BCUT2D eigenvalue weighted by molar-refractivity contribution is 7.92. The summed E-state index contributed by atoms with van der Waals surface area (Å²) in [4.78, 5) is 0.203. The Labute approximate surface area is 159 Å². The van der Waals surface area contributed by atoms with E-state index in [1.54, 1.807) is 30.3 Å². The lowest BCUT2D eigenvalue weighted by molar-refractivity contribution is 0.340. The van der Waals surface area contributed by atoms with E-state index >= 15 is 0 Å². The molecule has 1 aliphatic carbocycles. The molecule has 3 aromatic rings. The average molecular weight is 385 g/mol. The number of fused-ring (bicyclic) bond motifs is 3. The number of benzene rings is 2. The van der Waals surface area contributed by atoms with Gasteiger partial charge in [0.1, 0.15) is 17.1 Å². The zero-order chi connectivity index (χ0) is 19.0. The molecule has 0 saturated carbocycles. The summed E-state index contributed by atoms with van der Waals surface area (Å²) in [5.41, 5.74) is 2.57. The van der Waals surface area contributed by atoms with Crippen molar-refractivity contribution < 1.29 is 17.6 Å². The van der Waals surface area contributed by atoms with E-state index in [0.717, 1.165) is 36.0 Å².